The number of rotatable bonds is 3. The van der Waals surface area contributed by atoms with Gasteiger partial charge in [-0.2, -0.15) is 0 Å². The molecule has 0 unspecified atom stereocenters. The summed E-state index contributed by atoms with van der Waals surface area (Å²) >= 11 is 6.35. The maximum atomic E-state index is 10.6. The third kappa shape index (κ3) is 2.77. The van der Waals surface area contributed by atoms with Gasteiger partial charge in [0.05, 0.1) is 4.83 Å². The van der Waals surface area contributed by atoms with Crippen molar-refractivity contribution in [2.45, 2.75) is 9.65 Å². The Morgan fingerprint density at radius 2 is 2.23 bits per heavy atom. The van der Waals surface area contributed by atoms with Crippen LogP contribution >= 0.6 is 31.9 Å². The first-order chi connectivity index (χ1) is 6.13. The Morgan fingerprint density at radius 3 is 2.69 bits per heavy atom. The molecular weight excluding hydrogens is 302 g/mol. The molecule has 0 aliphatic rings. The van der Waals surface area contributed by atoms with Crippen LogP contribution in [0.4, 0.5) is 0 Å². The summed E-state index contributed by atoms with van der Waals surface area (Å²) in [6, 6.07) is 3.59. The molecule has 0 saturated heterocycles. The van der Waals surface area contributed by atoms with E-state index in [0.717, 1.165) is 5.56 Å². The van der Waals surface area contributed by atoms with Crippen LogP contribution in [0.15, 0.2) is 24.5 Å². The van der Waals surface area contributed by atoms with Crippen LogP contribution in [-0.2, 0) is 4.79 Å². The average Bonchev–Trinajstić information content (AvgIpc) is 2.17. The van der Waals surface area contributed by atoms with E-state index in [9.17, 15) is 4.79 Å². The van der Waals surface area contributed by atoms with Crippen molar-refractivity contribution < 1.29 is 9.90 Å². The van der Waals surface area contributed by atoms with Crippen molar-refractivity contribution in [3.63, 3.8) is 0 Å². The van der Waals surface area contributed by atoms with Crippen LogP contribution in [-0.4, -0.2) is 20.9 Å². The van der Waals surface area contributed by atoms with Gasteiger partial charge in [-0.1, -0.05) is 37.9 Å². The van der Waals surface area contributed by atoms with Gasteiger partial charge in [0, 0.05) is 12.4 Å². The maximum absolute atomic E-state index is 10.6. The monoisotopic (exact) mass is 307 g/mol. The standard InChI is InChI=1S/C8H7Br2NO2/c9-6(7(10)8(12)13)5-2-1-3-11-4-5/h1-4,6-7H,(H,12,13)/t6-,7-/m1/s1. The van der Waals surface area contributed by atoms with E-state index in [-0.39, 0.29) is 4.83 Å². The first kappa shape index (κ1) is 10.7. The molecule has 0 bridgehead atoms. The van der Waals surface area contributed by atoms with Gasteiger partial charge in [-0.05, 0) is 11.6 Å². The van der Waals surface area contributed by atoms with Gasteiger partial charge in [-0.3, -0.25) is 9.78 Å². The quantitative estimate of drug-likeness (QED) is 0.872. The van der Waals surface area contributed by atoms with E-state index in [1.807, 2.05) is 6.07 Å². The highest BCUT2D eigenvalue weighted by molar-refractivity contribution is 9.12. The minimum Gasteiger partial charge on any atom is -0.480 e. The van der Waals surface area contributed by atoms with Crippen molar-refractivity contribution in [3.8, 4) is 0 Å². The molecule has 0 spiro atoms. The summed E-state index contributed by atoms with van der Waals surface area (Å²) < 4.78 is 0. The molecule has 13 heavy (non-hydrogen) atoms. The molecule has 0 aliphatic carbocycles. The third-order valence-electron chi connectivity index (χ3n) is 1.50. The Morgan fingerprint density at radius 1 is 1.54 bits per heavy atom. The number of nitrogens with zero attached hydrogens (tertiary/aromatic N) is 1. The van der Waals surface area contributed by atoms with Crippen LogP contribution in [0, 0.1) is 0 Å². The van der Waals surface area contributed by atoms with Crippen molar-refractivity contribution in [1.82, 2.24) is 4.98 Å². The van der Waals surface area contributed by atoms with Gasteiger partial charge in [0.1, 0.15) is 4.83 Å². The number of carboxylic acids is 1. The lowest BCUT2D eigenvalue weighted by atomic mass is 10.1. The summed E-state index contributed by atoms with van der Waals surface area (Å²) in [5.74, 6) is -0.897. The molecule has 0 saturated carbocycles. The van der Waals surface area contributed by atoms with Crippen molar-refractivity contribution in [1.29, 1.82) is 0 Å². The molecule has 0 aromatic carbocycles. The van der Waals surface area contributed by atoms with Crippen molar-refractivity contribution in [3.05, 3.63) is 30.1 Å². The lowest BCUT2D eigenvalue weighted by Gasteiger charge is -2.11. The zero-order valence-electron chi connectivity index (χ0n) is 6.52. The van der Waals surface area contributed by atoms with Crippen molar-refractivity contribution in [2.24, 2.45) is 0 Å². The van der Waals surface area contributed by atoms with Gasteiger partial charge in [0.25, 0.3) is 0 Å². The van der Waals surface area contributed by atoms with Crippen molar-refractivity contribution in [2.75, 3.05) is 0 Å². The summed E-state index contributed by atoms with van der Waals surface area (Å²) in [5.41, 5.74) is 0.840. The fraction of sp³-hybridized carbons (Fsp3) is 0.250. The second-order valence-electron chi connectivity index (χ2n) is 2.43. The smallest absolute Gasteiger partial charge is 0.318 e. The van der Waals surface area contributed by atoms with Gasteiger partial charge in [0.2, 0.25) is 0 Å². The maximum Gasteiger partial charge on any atom is 0.318 e. The van der Waals surface area contributed by atoms with Gasteiger partial charge in [-0.25, -0.2) is 0 Å². The predicted molar refractivity (Wildman–Crippen MR) is 56.3 cm³/mol. The number of hydrogen-bond donors (Lipinski definition) is 1. The van der Waals surface area contributed by atoms with Crippen LogP contribution in [0.1, 0.15) is 10.4 Å². The molecular formula is C8H7Br2NO2. The molecule has 70 valence electrons. The molecule has 1 aromatic heterocycles. The molecule has 0 amide bonds. The summed E-state index contributed by atoms with van der Waals surface area (Å²) in [5, 5.41) is 8.72. The number of alkyl halides is 2. The SMILES string of the molecule is O=C(O)[C@H](Br)[C@H](Br)c1cccnc1. The Balaban J connectivity index is 2.79. The van der Waals surface area contributed by atoms with Crippen LogP contribution in [0.25, 0.3) is 0 Å². The molecule has 0 aliphatic heterocycles. The molecule has 3 nitrogen and oxygen atoms in total. The Labute approximate surface area is 92.4 Å². The number of aromatic nitrogens is 1. The van der Waals surface area contributed by atoms with Crippen LogP contribution < -0.4 is 0 Å². The molecule has 2 atom stereocenters. The van der Waals surface area contributed by atoms with Crippen LogP contribution in [0.3, 0.4) is 0 Å². The Kier molecular flexibility index (Phi) is 3.87. The van der Waals surface area contributed by atoms with Crippen LogP contribution in [0.5, 0.6) is 0 Å². The van der Waals surface area contributed by atoms with Gasteiger partial charge >= 0.3 is 5.97 Å². The molecule has 0 fully saturated rings. The highest BCUT2D eigenvalue weighted by atomic mass is 79.9. The first-order valence-corrected chi connectivity index (χ1v) is 5.37. The van der Waals surface area contributed by atoms with Crippen molar-refractivity contribution >= 4 is 37.8 Å². The lowest BCUT2D eigenvalue weighted by Crippen LogP contribution is -2.17. The normalized spacial score (nSPS) is 14.9. The van der Waals surface area contributed by atoms with E-state index < -0.39 is 10.8 Å². The van der Waals surface area contributed by atoms with E-state index >= 15 is 0 Å². The number of halogens is 2. The summed E-state index contributed by atoms with van der Waals surface area (Å²) in [6.45, 7) is 0. The zero-order valence-corrected chi connectivity index (χ0v) is 9.69. The van der Waals surface area contributed by atoms with E-state index in [2.05, 4.69) is 36.8 Å². The summed E-state index contributed by atoms with van der Waals surface area (Å²) in [4.78, 5) is 13.6. The summed E-state index contributed by atoms with van der Waals surface area (Å²) in [6.07, 6.45) is 3.28. The number of pyridine rings is 1. The number of hydrogen-bond acceptors (Lipinski definition) is 2. The highest BCUT2D eigenvalue weighted by Gasteiger charge is 2.24. The molecule has 1 N–H and O–H groups in total. The summed E-state index contributed by atoms with van der Waals surface area (Å²) in [7, 11) is 0. The van der Waals surface area contributed by atoms with E-state index in [1.54, 1.807) is 18.5 Å². The second-order valence-corrected chi connectivity index (χ2v) is 4.40. The van der Waals surface area contributed by atoms with Gasteiger partial charge in [0.15, 0.2) is 0 Å². The minimum atomic E-state index is -0.897. The molecule has 1 rings (SSSR count). The number of carbonyl (C=O) groups is 1. The minimum absolute atomic E-state index is 0.265. The van der Waals surface area contributed by atoms with Gasteiger partial charge < -0.3 is 5.11 Å². The third-order valence-corrected chi connectivity index (χ3v) is 4.18. The second kappa shape index (κ2) is 4.72. The number of carboxylic acid groups (broad SMARTS) is 1. The fourth-order valence-corrected chi connectivity index (χ4v) is 1.64. The zero-order chi connectivity index (χ0) is 9.84. The number of aliphatic carboxylic acids is 1. The van der Waals surface area contributed by atoms with Crippen LogP contribution in [0.2, 0.25) is 0 Å². The Bertz CT molecular complexity index is 291. The topological polar surface area (TPSA) is 50.2 Å². The van der Waals surface area contributed by atoms with E-state index in [4.69, 9.17) is 5.11 Å². The predicted octanol–water partition coefficient (Wildman–Crippen LogP) is 2.37. The lowest BCUT2D eigenvalue weighted by molar-refractivity contribution is -0.136. The molecule has 1 aromatic rings. The molecule has 1 heterocycles. The fourth-order valence-electron chi connectivity index (χ4n) is 0.833. The largest absolute Gasteiger partial charge is 0.480 e. The molecule has 5 heteroatoms. The van der Waals surface area contributed by atoms with E-state index in [0.29, 0.717) is 0 Å². The highest BCUT2D eigenvalue weighted by Crippen LogP contribution is 2.30. The Hall–Kier alpha value is -0.420. The van der Waals surface area contributed by atoms with E-state index in [1.165, 1.54) is 0 Å². The van der Waals surface area contributed by atoms with Gasteiger partial charge in [-0.15, -0.1) is 0 Å². The average molecular weight is 309 g/mol. The first-order valence-electron chi connectivity index (χ1n) is 3.54. The molecule has 0 radical (unpaired) electrons.